The maximum absolute atomic E-state index is 13.0. The SMILES string of the molecule is CCc1c(C(=O)N2CCC(C(C)N)CC2)cnn1Cc1ccccc1.Cl. The summed E-state index contributed by atoms with van der Waals surface area (Å²) in [7, 11) is 0. The maximum Gasteiger partial charge on any atom is 0.257 e. The lowest BCUT2D eigenvalue weighted by Crippen LogP contribution is -2.42. The Labute approximate surface area is 162 Å². The molecular formula is C20H29ClN4O. The Bertz CT molecular complexity index is 706. The largest absolute Gasteiger partial charge is 0.339 e. The van der Waals surface area contributed by atoms with Crippen molar-refractivity contribution in [3.05, 3.63) is 53.3 Å². The molecule has 142 valence electrons. The Kier molecular flexibility index (Phi) is 7.23. The number of nitrogens with zero attached hydrogens (tertiary/aromatic N) is 3. The maximum atomic E-state index is 13.0. The molecule has 0 bridgehead atoms. The molecule has 5 nitrogen and oxygen atoms in total. The van der Waals surface area contributed by atoms with E-state index < -0.39 is 0 Å². The third kappa shape index (κ3) is 4.46. The first kappa shape index (κ1) is 20.5. The lowest BCUT2D eigenvalue weighted by Gasteiger charge is -2.33. The number of halogens is 1. The summed E-state index contributed by atoms with van der Waals surface area (Å²) in [6.07, 6.45) is 4.51. The summed E-state index contributed by atoms with van der Waals surface area (Å²) in [5, 5.41) is 4.49. The highest BCUT2D eigenvalue weighted by Gasteiger charge is 2.27. The van der Waals surface area contributed by atoms with Crippen molar-refractivity contribution in [2.24, 2.45) is 11.7 Å². The normalized spacial score (nSPS) is 16.2. The standard InChI is InChI=1S/C20H28N4O.ClH/c1-3-19-18(13-22-24(19)14-16-7-5-4-6-8-16)20(25)23-11-9-17(10-12-23)15(2)21;/h4-8,13,15,17H,3,9-12,14,21H2,1-2H3;1H. The molecule has 1 saturated heterocycles. The molecule has 1 aromatic carbocycles. The minimum absolute atomic E-state index is 0. The predicted molar refractivity (Wildman–Crippen MR) is 107 cm³/mol. The number of likely N-dealkylation sites (tertiary alicyclic amines) is 1. The van der Waals surface area contributed by atoms with Gasteiger partial charge in [-0.05, 0) is 37.7 Å². The predicted octanol–water partition coefficient (Wildman–Crippen LogP) is 3.12. The van der Waals surface area contributed by atoms with E-state index in [1.807, 2.05) is 27.8 Å². The van der Waals surface area contributed by atoms with E-state index in [0.717, 1.165) is 43.6 Å². The van der Waals surface area contributed by atoms with Crippen LogP contribution in [0.4, 0.5) is 0 Å². The topological polar surface area (TPSA) is 64.2 Å². The molecule has 1 unspecified atom stereocenters. The number of amides is 1. The van der Waals surface area contributed by atoms with E-state index in [4.69, 9.17) is 5.73 Å². The van der Waals surface area contributed by atoms with Gasteiger partial charge in [-0.25, -0.2) is 0 Å². The van der Waals surface area contributed by atoms with Gasteiger partial charge in [0.15, 0.2) is 0 Å². The van der Waals surface area contributed by atoms with Gasteiger partial charge < -0.3 is 10.6 Å². The van der Waals surface area contributed by atoms with Crippen molar-refractivity contribution in [2.45, 2.75) is 45.7 Å². The van der Waals surface area contributed by atoms with Gasteiger partial charge in [0.1, 0.15) is 0 Å². The first-order valence-corrected chi connectivity index (χ1v) is 9.23. The van der Waals surface area contributed by atoms with Crippen molar-refractivity contribution < 1.29 is 4.79 Å². The molecule has 1 aliphatic rings. The molecule has 3 rings (SSSR count). The molecule has 1 atom stereocenters. The average Bonchev–Trinajstić information content (AvgIpc) is 3.04. The summed E-state index contributed by atoms with van der Waals surface area (Å²) in [5.41, 5.74) is 8.96. The van der Waals surface area contributed by atoms with Crippen LogP contribution in [0.5, 0.6) is 0 Å². The molecule has 0 radical (unpaired) electrons. The Hall–Kier alpha value is -1.85. The highest BCUT2D eigenvalue weighted by Crippen LogP contribution is 2.22. The number of rotatable bonds is 5. The van der Waals surface area contributed by atoms with E-state index in [1.54, 1.807) is 6.20 Å². The van der Waals surface area contributed by atoms with Crippen LogP contribution in [0.3, 0.4) is 0 Å². The van der Waals surface area contributed by atoms with Gasteiger partial charge in [0.25, 0.3) is 5.91 Å². The molecule has 2 aromatic rings. The first-order valence-electron chi connectivity index (χ1n) is 9.23. The van der Waals surface area contributed by atoms with E-state index in [9.17, 15) is 4.79 Å². The van der Waals surface area contributed by atoms with Crippen LogP contribution in [-0.4, -0.2) is 39.7 Å². The molecule has 2 N–H and O–H groups in total. The van der Waals surface area contributed by atoms with Crippen LogP contribution in [0.2, 0.25) is 0 Å². The summed E-state index contributed by atoms with van der Waals surface area (Å²) in [4.78, 5) is 14.9. The van der Waals surface area contributed by atoms with E-state index in [1.165, 1.54) is 5.56 Å². The number of benzene rings is 1. The average molecular weight is 377 g/mol. The lowest BCUT2D eigenvalue weighted by molar-refractivity contribution is 0.0679. The van der Waals surface area contributed by atoms with Gasteiger partial charge in [0, 0.05) is 19.1 Å². The third-order valence-electron chi connectivity index (χ3n) is 5.26. The van der Waals surface area contributed by atoms with Gasteiger partial charge >= 0.3 is 0 Å². The Morgan fingerprint density at radius 1 is 1.27 bits per heavy atom. The van der Waals surface area contributed by atoms with Crippen LogP contribution in [0, 0.1) is 5.92 Å². The van der Waals surface area contributed by atoms with E-state index >= 15 is 0 Å². The molecular weight excluding hydrogens is 348 g/mol. The number of carbonyl (C=O) groups excluding carboxylic acids is 1. The van der Waals surface area contributed by atoms with Gasteiger partial charge in [-0.3, -0.25) is 9.48 Å². The smallest absolute Gasteiger partial charge is 0.257 e. The van der Waals surface area contributed by atoms with Crippen LogP contribution in [0.25, 0.3) is 0 Å². The number of hydrogen-bond acceptors (Lipinski definition) is 3. The molecule has 1 aromatic heterocycles. The number of hydrogen-bond donors (Lipinski definition) is 1. The first-order chi connectivity index (χ1) is 12.1. The van der Waals surface area contributed by atoms with Crippen molar-refractivity contribution in [3.63, 3.8) is 0 Å². The highest BCUT2D eigenvalue weighted by molar-refractivity contribution is 5.95. The minimum atomic E-state index is 0. The fourth-order valence-corrected chi connectivity index (χ4v) is 3.65. The molecule has 0 aliphatic carbocycles. The van der Waals surface area contributed by atoms with Gasteiger partial charge in [-0.1, -0.05) is 37.3 Å². The van der Waals surface area contributed by atoms with Gasteiger partial charge in [-0.2, -0.15) is 5.10 Å². The molecule has 1 fully saturated rings. The van der Waals surface area contributed by atoms with Crippen LogP contribution in [0.1, 0.15) is 48.3 Å². The van der Waals surface area contributed by atoms with Crippen LogP contribution in [0.15, 0.2) is 36.5 Å². The zero-order valence-electron chi connectivity index (χ0n) is 15.6. The van der Waals surface area contributed by atoms with Crippen molar-refractivity contribution in [1.29, 1.82) is 0 Å². The van der Waals surface area contributed by atoms with Crippen molar-refractivity contribution in [2.75, 3.05) is 13.1 Å². The van der Waals surface area contributed by atoms with Crippen LogP contribution in [-0.2, 0) is 13.0 Å². The molecule has 26 heavy (non-hydrogen) atoms. The summed E-state index contributed by atoms with van der Waals surface area (Å²) < 4.78 is 1.96. The highest BCUT2D eigenvalue weighted by atomic mass is 35.5. The number of carbonyl (C=O) groups is 1. The van der Waals surface area contributed by atoms with E-state index in [-0.39, 0.29) is 24.4 Å². The number of nitrogens with two attached hydrogens (primary N) is 1. The van der Waals surface area contributed by atoms with E-state index in [2.05, 4.69) is 31.1 Å². The van der Waals surface area contributed by atoms with Gasteiger partial charge in [0.2, 0.25) is 0 Å². The van der Waals surface area contributed by atoms with Gasteiger partial charge in [0.05, 0.1) is 24.0 Å². The van der Waals surface area contributed by atoms with Crippen LogP contribution >= 0.6 is 12.4 Å². The van der Waals surface area contributed by atoms with Gasteiger partial charge in [-0.15, -0.1) is 12.4 Å². The molecule has 6 heteroatoms. The fraction of sp³-hybridized carbons (Fsp3) is 0.500. The second-order valence-electron chi connectivity index (χ2n) is 6.99. The fourth-order valence-electron chi connectivity index (χ4n) is 3.65. The molecule has 0 spiro atoms. The van der Waals surface area contributed by atoms with Crippen molar-refractivity contribution in [1.82, 2.24) is 14.7 Å². The second kappa shape index (κ2) is 9.19. The lowest BCUT2D eigenvalue weighted by atomic mass is 9.90. The Morgan fingerprint density at radius 2 is 1.92 bits per heavy atom. The molecule has 2 heterocycles. The quantitative estimate of drug-likeness (QED) is 0.871. The second-order valence-corrected chi connectivity index (χ2v) is 6.99. The molecule has 1 aliphatic heterocycles. The number of aromatic nitrogens is 2. The monoisotopic (exact) mass is 376 g/mol. The Morgan fingerprint density at radius 3 is 2.50 bits per heavy atom. The summed E-state index contributed by atoms with van der Waals surface area (Å²) in [6, 6.07) is 10.4. The zero-order chi connectivity index (χ0) is 17.8. The number of piperidine rings is 1. The molecule has 0 saturated carbocycles. The molecule has 1 amide bonds. The van der Waals surface area contributed by atoms with Crippen LogP contribution < -0.4 is 5.73 Å². The summed E-state index contributed by atoms with van der Waals surface area (Å²) in [6.45, 7) is 6.42. The minimum Gasteiger partial charge on any atom is -0.339 e. The third-order valence-corrected chi connectivity index (χ3v) is 5.26. The van der Waals surface area contributed by atoms with Crippen molar-refractivity contribution in [3.8, 4) is 0 Å². The summed E-state index contributed by atoms with van der Waals surface area (Å²) >= 11 is 0. The Balaban J connectivity index is 0.00000243. The van der Waals surface area contributed by atoms with Crippen molar-refractivity contribution >= 4 is 18.3 Å². The zero-order valence-corrected chi connectivity index (χ0v) is 16.4. The summed E-state index contributed by atoms with van der Waals surface area (Å²) in [5.74, 6) is 0.634. The van der Waals surface area contributed by atoms with E-state index in [0.29, 0.717) is 12.5 Å².